The summed E-state index contributed by atoms with van der Waals surface area (Å²) < 4.78 is 2.14. The molecule has 0 bridgehead atoms. The number of benzene rings is 4. The highest BCUT2D eigenvalue weighted by Gasteiger charge is 2.17. The molecule has 5 rings (SSSR count). The van der Waals surface area contributed by atoms with Gasteiger partial charge in [-0.05, 0) is 63.6 Å². The topological polar surface area (TPSA) is 18.3 Å². The van der Waals surface area contributed by atoms with E-state index in [1.54, 1.807) is 0 Å². The first kappa shape index (κ1) is 24.3. The minimum atomic E-state index is 0.790. The smallest absolute Gasteiger partial charge is 0.199 e. The molecule has 3 heteroatoms. The molecule has 0 radical (unpaired) electrons. The molecular weight excluding hydrogens is 450 g/mol. The van der Waals surface area contributed by atoms with Crippen molar-refractivity contribution < 1.29 is 4.58 Å². The van der Waals surface area contributed by atoms with E-state index in [-0.39, 0.29) is 0 Å². The van der Waals surface area contributed by atoms with Crippen LogP contribution < -0.4 is 10.2 Å². The third-order valence-corrected chi connectivity index (χ3v) is 6.86. The average Bonchev–Trinajstić information content (AvgIpc) is 2.93. The predicted octanol–water partition coefficient (Wildman–Crippen LogP) is 7.16. The lowest BCUT2D eigenvalue weighted by atomic mass is 9.87. The van der Waals surface area contributed by atoms with Crippen molar-refractivity contribution in [3.63, 3.8) is 0 Å². The second-order valence-electron chi connectivity index (χ2n) is 9.80. The van der Waals surface area contributed by atoms with Crippen molar-refractivity contribution in [1.29, 1.82) is 0 Å². The van der Waals surface area contributed by atoms with Gasteiger partial charge < -0.3 is 10.2 Å². The highest BCUT2D eigenvalue weighted by molar-refractivity contribution is 6.07. The van der Waals surface area contributed by atoms with Gasteiger partial charge in [-0.15, -0.1) is 0 Å². The number of nitrogens with one attached hydrogen (secondary N) is 1. The lowest BCUT2D eigenvalue weighted by molar-refractivity contribution is -0.462. The third kappa shape index (κ3) is 5.26. The first-order chi connectivity index (χ1) is 18.0. The van der Waals surface area contributed by atoms with E-state index in [1.165, 1.54) is 50.0 Å². The quantitative estimate of drug-likeness (QED) is 0.293. The molecule has 0 atom stereocenters. The standard InChI is InChI=1S/C34H33N3/c1-36(2)28-18-14-26(15-19-28)34(27-16-20-29(21-17-27)37(3)4)32-22-23-33(31-13-9-8-12-30(31)32)35-24-25-10-6-5-7-11-25/h5-23H,24H2,1-4H3/p+1. The molecule has 0 heterocycles. The minimum absolute atomic E-state index is 0.790. The summed E-state index contributed by atoms with van der Waals surface area (Å²) in [6.45, 7) is 0.790. The molecule has 184 valence electrons. The fraction of sp³-hybridized carbons (Fsp3) is 0.147. The molecule has 0 amide bonds. The lowest BCUT2D eigenvalue weighted by Crippen LogP contribution is -2.10. The summed E-state index contributed by atoms with van der Waals surface area (Å²) in [5.41, 5.74) is 9.68. The molecule has 4 aromatic carbocycles. The van der Waals surface area contributed by atoms with Crippen LogP contribution in [0.3, 0.4) is 0 Å². The van der Waals surface area contributed by atoms with Crippen LogP contribution in [0.4, 0.5) is 11.4 Å². The average molecular weight is 485 g/mol. The summed E-state index contributed by atoms with van der Waals surface area (Å²) in [5, 5.41) is 6.13. The molecule has 3 nitrogen and oxygen atoms in total. The Morgan fingerprint density at radius 3 is 2.00 bits per heavy atom. The zero-order valence-electron chi connectivity index (χ0n) is 22.1. The molecular formula is C34H34N3+. The summed E-state index contributed by atoms with van der Waals surface area (Å²) in [6.07, 6.45) is 8.87. The summed E-state index contributed by atoms with van der Waals surface area (Å²) in [5.74, 6) is 0. The van der Waals surface area contributed by atoms with Crippen LogP contribution in [0, 0.1) is 0 Å². The van der Waals surface area contributed by atoms with Crippen LogP contribution in [-0.2, 0) is 6.54 Å². The molecule has 1 aliphatic rings. The van der Waals surface area contributed by atoms with Gasteiger partial charge >= 0.3 is 0 Å². The van der Waals surface area contributed by atoms with Gasteiger partial charge in [0.25, 0.3) is 0 Å². The molecule has 1 aliphatic carbocycles. The molecule has 0 saturated carbocycles. The largest absolute Gasteiger partial charge is 0.380 e. The van der Waals surface area contributed by atoms with Crippen LogP contribution in [0.2, 0.25) is 0 Å². The van der Waals surface area contributed by atoms with Crippen molar-refractivity contribution in [3.8, 4) is 0 Å². The van der Waals surface area contributed by atoms with Crippen LogP contribution in [0.15, 0.2) is 121 Å². The number of nitrogens with zero attached hydrogens (tertiary/aromatic N) is 2. The van der Waals surface area contributed by atoms with E-state index in [9.17, 15) is 0 Å². The predicted molar refractivity (Wildman–Crippen MR) is 160 cm³/mol. The van der Waals surface area contributed by atoms with Gasteiger partial charge in [-0.1, -0.05) is 72.8 Å². The third-order valence-electron chi connectivity index (χ3n) is 6.86. The maximum Gasteiger partial charge on any atom is 0.199 e. The van der Waals surface area contributed by atoms with E-state index in [4.69, 9.17) is 0 Å². The van der Waals surface area contributed by atoms with Crippen LogP contribution in [-0.4, -0.2) is 38.5 Å². The van der Waals surface area contributed by atoms with E-state index in [1.807, 2.05) is 0 Å². The lowest BCUT2D eigenvalue weighted by Gasteiger charge is -2.19. The Labute approximate surface area is 220 Å². The van der Waals surface area contributed by atoms with Crippen molar-refractivity contribution in [2.75, 3.05) is 38.4 Å². The Hall–Kier alpha value is -4.37. The first-order valence-electron chi connectivity index (χ1n) is 12.7. The van der Waals surface area contributed by atoms with Crippen molar-refractivity contribution in [3.05, 3.63) is 138 Å². The summed E-state index contributed by atoms with van der Waals surface area (Å²) >= 11 is 0. The Bertz CT molecular complexity index is 1510. The molecule has 0 spiro atoms. The molecule has 0 aliphatic heterocycles. The number of hydrogen-bond donors (Lipinski definition) is 1. The highest BCUT2D eigenvalue weighted by atomic mass is 15.1. The van der Waals surface area contributed by atoms with Crippen LogP contribution in [0.25, 0.3) is 16.3 Å². The summed E-state index contributed by atoms with van der Waals surface area (Å²) in [4.78, 5) is 2.14. The molecule has 0 saturated heterocycles. The number of rotatable bonds is 6. The van der Waals surface area contributed by atoms with Crippen molar-refractivity contribution in [2.45, 2.75) is 6.54 Å². The number of anilines is 2. The monoisotopic (exact) mass is 484 g/mol. The minimum Gasteiger partial charge on any atom is -0.380 e. The van der Waals surface area contributed by atoms with E-state index in [0.717, 1.165) is 12.2 Å². The number of allylic oxidation sites excluding steroid dienone is 5. The van der Waals surface area contributed by atoms with Crippen LogP contribution in [0.1, 0.15) is 16.7 Å². The Balaban J connectivity index is 1.64. The van der Waals surface area contributed by atoms with Gasteiger partial charge in [0, 0.05) is 49.6 Å². The first-order valence-corrected chi connectivity index (χ1v) is 12.7. The van der Waals surface area contributed by atoms with Crippen LogP contribution >= 0.6 is 0 Å². The second kappa shape index (κ2) is 10.7. The molecule has 0 aromatic heterocycles. The zero-order chi connectivity index (χ0) is 25.8. The fourth-order valence-corrected chi connectivity index (χ4v) is 4.79. The Kier molecular flexibility index (Phi) is 7.04. The fourth-order valence-electron chi connectivity index (χ4n) is 4.79. The Morgan fingerprint density at radius 1 is 0.703 bits per heavy atom. The molecule has 4 aromatic rings. The maximum absolute atomic E-state index is 3.67. The molecule has 0 fully saturated rings. The Morgan fingerprint density at radius 2 is 1.35 bits per heavy atom. The summed E-state index contributed by atoms with van der Waals surface area (Å²) in [6, 6.07) is 32.6. The van der Waals surface area contributed by atoms with Gasteiger partial charge in [0.2, 0.25) is 0 Å². The van der Waals surface area contributed by atoms with Crippen LogP contribution in [0.5, 0.6) is 0 Å². The second-order valence-corrected chi connectivity index (χ2v) is 9.80. The zero-order valence-corrected chi connectivity index (χ0v) is 22.1. The van der Waals surface area contributed by atoms with Crippen molar-refractivity contribution in [1.82, 2.24) is 0 Å². The van der Waals surface area contributed by atoms with E-state index in [2.05, 4.69) is 158 Å². The molecule has 1 N–H and O–H groups in total. The number of hydrogen-bond acceptors (Lipinski definition) is 2. The van der Waals surface area contributed by atoms with E-state index >= 15 is 0 Å². The van der Waals surface area contributed by atoms with Crippen molar-refractivity contribution >= 4 is 33.4 Å². The van der Waals surface area contributed by atoms with Gasteiger partial charge in [0.15, 0.2) is 5.71 Å². The summed E-state index contributed by atoms with van der Waals surface area (Å²) in [7, 11) is 8.31. The van der Waals surface area contributed by atoms with E-state index in [0.29, 0.717) is 0 Å². The van der Waals surface area contributed by atoms with Gasteiger partial charge in [-0.3, -0.25) is 0 Å². The molecule has 37 heavy (non-hydrogen) atoms. The van der Waals surface area contributed by atoms with Gasteiger partial charge in [0.05, 0.1) is 0 Å². The van der Waals surface area contributed by atoms with Gasteiger partial charge in [-0.25, -0.2) is 4.58 Å². The van der Waals surface area contributed by atoms with Crippen molar-refractivity contribution in [2.24, 2.45) is 0 Å². The number of fused-ring (bicyclic) bond motifs is 1. The van der Waals surface area contributed by atoms with Gasteiger partial charge in [-0.2, -0.15) is 0 Å². The van der Waals surface area contributed by atoms with Gasteiger partial charge in [0.1, 0.15) is 14.1 Å². The highest BCUT2D eigenvalue weighted by Crippen LogP contribution is 2.37. The van der Waals surface area contributed by atoms with E-state index < -0.39 is 0 Å². The SMILES string of the molecule is CN(C)c1ccc(C(=C2C=CC(=[N+](C)C)C=C2)c2ccc(NCc3ccccc3)c3ccccc23)cc1. The maximum atomic E-state index is 3.67. The normalized spacial score (nSPS) is 12.6. The molecule has 0 unspecified atom stereocenters.